The fourth-order valence-corrected chi connectivity index (χ4v) is 2.77. The van der Waals surface area contributed by atoms with E-state index in [-0.39, 0.29) is 6.54 Å². The normalized spacial score (nSPS) is 10.5. The molecule has 7 heteroatoms. The first-order chi connectivity index (χ1) is 12.1. The van der Waals surface area contributed by atoms with Gasteiger partial charge in [0.1, 0.15) is 0 Å². The van der Waals surface area contributed by atoms with E-state index in [4.69, 9.17) is 11.6 Å². The number of amides is 1. The number of hydrogen-bond acceptors (Lipinski definition) is 3. The van der Waals surface area contributed by atoms with Crippen molar-refractivity contribution in [2.75, 3.05) is 7.11 Å². The Hall–Kier alpha value is -2.31. The molecular weight excluding hydrogens is 406 g/mol. The maximum Gasteiger partial charge on any atom is 0.407 e. The van der Waals surface area contributed by atoms with Gasteiger partial charge < -0.3 is 10.1 Å². The smallest absolute Gasteiger partial charge is 0.407 e. The Balaban J connectivity index is 1.84. The molecular formula is C18H15BrClN3O2. The average molecular weight is 421 g/mol. The Bertz CT molecular complexity index is 894. The third-order valence-electron chi connectivity index (χ3n) is 3.63. The van der Waals surface area contributed by atoms with E-state index in [1.807, 2.05) is 48.7 Å². The highest BCUT2D eigenvalue weighted by molar-refractivity contribution is 9.10. The highest BCUT2D eigenvalue weighted by Crippen LogP contribution is 2.23. The molecule has 0 saturated carbocycles. The van der Waals surface area contributed by atoms with E-state index in [2.05, 4.69) is 31.1 Å². The second-order valence-electron chi connectivity index (χ2n) is 5.27. The third-order valence-corrected chi connectivity index (χ3v) is 4.53. The van der Waals surface area contributed by atoms with Gasteiger partial charge in [0.15, 0.2) is 0 Å². The number of rotatable bonds is 4. The highest BCUT2D eigenvalue weighted by Gasteiger charge is 2.08. The van der Waals surface area contributed by atoms with Gasteiger partial charge in [-0.05, 0) is 42.0 Å². The van der Waals surface area contributed by atoms with Gasteiger partial charge in [-0.25, -0.2) is 9.48 Å². The molecule has 0 aliphatic carbocycles. The molecule has 3 aromatic rings. The van der Waals surface area contributed by atoms with Gasteiger partial charge in [-0.2, -0.15) is 5.10 Å². The molecule has 1 aromatic heterocycles. The van der Waals surface area contributed by atoms with Crippen LogP contribution in [0.3, 0.4) is 0 Å². The first kappa shape index (κ1) is 17.5. The molecule has 1 amide bonds. The van der Waals surface area contributed by atoms with E-state index in [0.29, 0.717) is 5.02 Å². The van der Waals surface area contributed by atoms with Crippen LogP contribution in [0.1, 0.15) is 5.56 Å². The molecule has 0 fully saturated rings. The van der Waals surface area contributed by atoms with Gasteiger partial charge in [-0.1, -0.05) is 39.7 Å². The van der Waals surface area contributed by atoms with E-state index in [0.717, 1.165) is 27.0 Å². The summed E-state index contributed by atoms with van der Waals surface area (Å²) in [5.41, 5.74) is 3.54. The van der Waals surface area contributed by atoms with E-state index < -0.39 is 6.09 Å². The zero-order valence-electron chi connectivity index (χ0n) is 13.4. The summed E-state index contributed by atoms with van der Waals surface area (Å²) in [5.74, 6) is 0. The van der Waals surface area contributed by atoms with Gasteiger partial charge in [-0.15, -0.1) is 0 Å². The van der Waals surface area contributed by atoms with Crippen LogP contribution in [0.2, 0.25) is 5.02 Å². The van der Waals surface area contributed by atoms with E-state index in [1.54, 1.807) is 10.7 Å². The van der Waals surface area contributed by atoms with Crippen LogP contribution >= 0.6 is 27.5 Å². The Morgan fingerprint density at radius 1 is 1.24 bits per heavy atom. The van der Waals surface area contributed by atoms with Crippen LogP contribution in [-0.2, 0) is 11.3 Å². The summed E-state index contributed by atoms with van der Waals surface area (Å²) < 4.78 is 7.37. The first-order valence-electron chi connectivity index (χ1n) is 7.49. The van der Waals surface area contributed by atoms with Gasteiger partial charge in [0, 0.05) is 27.8 Å². The lowest BCUT2D eigenvalue weighted by molar-refractivity contribution is 0.170. The van der Waals surface area contributed by atoms with E-state index >= 15 is 0 Å². The summed E-state index contributed by atoms with van der Waals surface area (Å²) in [6, 6.07) is 15.5. The molecule has 3 rings (SSSR count). The fourth-order valence-electron chi connectivity index (χ4n) is 2.32. The number of hydrogen-bond donors (Lipinski definition) is 1. The Kier molecular flexibility index (Phi) is 5.40. The number of halogens is 2. The lowest BCUT2D eigenvalue weighted by Gasteiger charge is -2.09. The van der Waals surface area contributed by atoms with Crippen molar-refractivity contribution >= 4 is 33.6 Å². The van der Waals surface area contributed by atoms with Crippen LogP contribution in [0.4, 0.5) is 4.79 Å². The summed E-state index contributed by atoms with van der Waals surface area (Å²) in [4.78, 5) is 11.2. The number of aromatic nitrogens is 2. The SMILES string of the molecule is COC(=O)NCc1cc(-n2ccc(-c3ccc(Br)cc3)n2)ccc1Cl. The lowest BCUT2D eigenvalue weighted by Crippen LogP contribution is -2.22. The molecule has 0 aliphatic rings. The highest BCUT2D eigenvalue weighted by atomic mass is 79.9. The summed E-state index contributed by atoms with van der Waals surface area (Å²) in [6.45, 7) is 0.278. The van der Waals surface area contributed by atoms with Crippen molar-refractivity contribution in [2.24, 2.45) is 0 Å². The van der Waals surface area contributed by atoms with Crippen LogP contribution in [0.15, 0.2) is 59.2 Å². The monoisotopic (exact) mass is 419 g/mol. The molecule has 0 saturated heterocycles. The van der Waals surface area contributed by atoms with Crippen molar-refractivity contribution in [3.63, 3.8) is 0 Å². The van der Waals surface area contributed by atoms with Gasteiger partial charge in [0.2, 0.25) is 0 Å². The fraction of sp³-hybridized carbons (Fsp3) is 0.111. The van der Waals surface area contributed by atoms with Gasteiger partial charge in [0.25, 0.3) is 0 Å². The number of carbonyl (C=O) groups excluding carboxylic acids is 1. The van der Waals surface area contributed by atoms with Crippen LogP contribution in [-0.4, -0.2) is 23.0 Å². The minimum atomic E-state index is -0.502. The number of nitrogens with one attached hydrogen (secondary N) is 1. The molecule has 2 aromatic carbocycles. The Morgan fingerprint density at radius 3 is 2.72 bits per heavy atom. The van der Waals surface area contributed by atoms with Crippen molar-refractivity contribution in [3.05, 3.63) is 69.8 Å². The number of nitrogens with zero attached hydrogens (tertiary/aromatic N) is 2. The molecule has 1 N–H and O–H groups in total. The maximum atomic E-state index is 11.2. The molecule has 0 atom stereocenters. The van der Waals surface area contributed by atoms with Crippen LogP contribution in [0, 0.1) is 0 Å². The number of carbonyl (C=O) groups is 1. The predicted molar refractivity (Wildman–Crippen MR) is 101 cm³/mol. The quantitative estimate of drug-likeness (QED) is 0.659. The standard InChI is InChI=1S/C18H15BrClN3O2/c1-25-18(24)21-11-13-10-15(6-7-16(13)20)23-9-8-17(22-23)12-2-4-14(19)5-3-12/h2-10H,11H2,1H3,(H,21,24). The van der Waals surface area contributed by atoms with Gasteiger partial charge >= 0.3 is 6.09 Å². The predicted octanol–water partition coefficient (Wildman–Crippen LogP) is 4.81. The molecule has 128 valence electrons. The number of alkyl carbamates (subject to hydrolysis) is 1. The second-order valence-corrected chi connectivity index (χ2v) is 6.60. The minimum Gasteiger partial charge on any atom is -0.453 e. The van der Waals surface area contributed by atoms with Crippen LogP contribution in [0.25, 0.3) is 16.9 Å². The topological polar surface area (TPSA) is 56.1 Å². The molecule has 0 aliphatic heterocycles. The van der Waals surface area contributed by atoms with Crippen molar-refractivity contribution in [1.29, 1.82) is 0 Å². The van der Waals surface area contributed by atoms with E-state index in [1.165, 1.54) is 7.11 Å². The maximum absolute atomic E-state index is 11.2. The van der Waals surface area contributed by atoms with Crippen molar-refractivity contribution in [1.82, 2.24) is 15.1 Å². The molecule has 0 unspecified atom stereocenters. The first-order valence-corrected chi connectivity index (χ1v) is 8.66. The zero-order valence-corrected chi connectivity index (χ0v) is 15.7. The number of ether oxygens (including phenoxy) is 1. The molecule has 25 heavy (non-hydrogen) atoms. The van der Waals surface area contributed by atoms with Crippen LogP contribution in [0.5, 0.6) is 0 Å². The van der Waals surface area contributed by atoms with Gasteiger partial charge in [0.05, 0.1) is 18.5 Å². The molecule has 5 nitrogen and oxygen atoms in total. The van der Waals surface area contributed by atoms with Crippen molar-refractivity contribution in [3.8, 4) is 16.9 Å². The number of methoxy groups -OCH3 is 1. The van der Waals surface area contributed by atoms with Crippen molar-refractivity contribution in [2.45, 2.75) is 6.54 Å². The third kappa shape index (κ3) is 4.21. The average Bonchev–Trinajstić information content (AvgIpc) is 3.11. The summed E-state index contributed by atoms with van der Waals surface area (Å²) >= 11 is 9.63. The number of benzene rings is 2. The lowest BCUT2D eigenvalue weighted by atomic mass is 10.2. The zero-order chi connectivity index (χ0) is 17.8. The van der Waals surface area contributed by atoms with E-state index in [9.17, 15) is 4.79 Å². The van der Waals surface area contributed by atoms with Crippen molar-refractivity contribution < 1.29 is 9.53 Å². The molecule has 0 bridgehead atoms. The second kappa shape index (κ2) is 7.72. The van der Waals surface area contributed by atoms with Crippen LogP contribution < -0.4 is 5.32 Å². The Morgan fingerprint density at radius 2 is 2.00 bits per heavy atom. The minimum absolute atomic E-state index is 0.278. The molecule has 0 spiro atoms. The Labute approximate surface area is 158 Å². The van der Waals surface area contributed by atoms with Gasteiger partial charge in [-0.3, -0.25) is 0 Å². The summed E-state index contributed by atoms with van der Waals surface area (Å²) in [5, 5.41) is 7.80. The summed E-state index contributed by atoms with van der Waals surface area (Å²) in [7, 11) is 1.32. The molecule has 0 radical (unpaired) electrons. The summed E-state index contributed by atoms with van der Waals surface area (Å²) in [6.07, 6.45) is 1.39. The molecule has 1 heterocycles. The largest absolute Gasteiger partial charge is 0.453 e.